The summed E-state index contributed by atoms with van der Waals surface area (Å²) < 4.78 is 19.5. The zero-order valence-corrected chi connectivity index (χ0v) is 31.9. The molecule has 5 N–H and O–H groups in total. The fourth-order valence-electron chi connectivity index (χ4n) is 7.65. The Labute approximate surface area is 300 Å². The molecule has 3 aliphatic rings. The van der Waals surface area contributed by atoms with E-state index in [1.165, 1.54) is 6.08 Å². The van der Waals surface area contributed by atoms with Crippen molar-refractivity contribution in [1.82, 2.24) is 0 Å². The van der Waals surface area contributed by atoms with Crippen molar-refractivity contribution in [3.8, 4) is 0 Å². The molecule has 0 radical (unpaired) electrons. The van der Waals surface area contributed by atoms with Gasteiger partial charge in [0.15, 0.2) is 11.6 Å². The maximum Gasteiger partial charge on any atom is 0.330 e. The summed E-state index contributed by atoms with van der Waals surface area (Å²) in [5, 5.41) is 54.3. The third-order valence-corrected chi connectivity index (χ3v) is 11.6. The maximum atomic E-state index is 14.0. The predicted octanol–water partition coefficient (Wildman–Crippen LogP) is 5.55. The van der Waals surface area contributed by atoms with Gasteiger partial charge in [0.2, 0.25) is 0 Å². The van der Waals surface area contributed by atoms with Crippen LogP contribution in [0.1, 0.15) is 132 Å². The van der Waals surface area contributed by atoms with Crippen molar-refractivity contribution in [2.45, 2.75) is 187 Å². The number of aliphatic hydroxyl groups is 5. The van der Waals surface area contributed by atoms with Crippen molar-refractivity contribution >= 4 is 11.8 Å². The summed E-state index contributed by atoms with van der Waals surface area (Å²) in [4.78, 5) is 27.3. The molecule has 0 unspecified atom stereocenters. The van der Waals surface area contributed by atoms with Crippen molar-refractivity contribution < 1.29 is 49.3 Å². The Balaban J connectivity index is 1.96. The van der Waals surface area contributed by atoms with E-state index in [2.05, 4.69) is 20.8 Å². The molecule has 50 heavy (non-hydrogen) atoms. The third-order valence-electron chi connectivity index (χ3n) is 11.6. The van der Waals surface area contributed by atoms with Crippen molar-refractivity contribution in [3.63, 3.8) is 0 Å². The number of aliphatic hydroxyl groups excluding tert-OH is 4. The van der Waals surface area contributed by atoms with Crippen molar-refractivity contribution in [3.05, 3.63) is 23.8 Å². The van der Waals surface area contributed by atoms with Crippen LogP contribution in [0.2, 0.25) is 0 Å². The van der Waals surface area contributed by atoms with E-state index in [4.69, 9.17) is 14.2 Å². The number of hydrogen-bond acceptors (Lipinski definition) is 10. The lowest BCUT2D eigenvalue weighted by Crippen LogP contribution is -2.57. The molecule has 3 heterocycles. The molecule has 288 valence electrons. The van der Waals surface area contributed by atoms with Crippen LogP contribution in [0.25, 0.3) is 0 Å². The fraction of sp³-hybridized carbons (Fsp3) is 0.850. The van der Waals surface area contributed by atoms with Crippen molar-refractivity contribution in [1.29, 1.82) is 0 Å². The standard InChI is InChI=1S/C40H68O10/c1-9-30(41)20-33-25(4)16-18-40(49-33)23-35-28(7)34(50-40)21-32(43)29(19-24(2)3)13-11-10-12-17-39(8,47)36(44)22-31(42)27(6)38(46)26(5)14-15-37(45)48-35/h13-15,24-28,30-31,33-36,38,41-42,44,46-47H,9-12,16-23H2,1-8H3/b15-14-,29-13-/t25-,26+,27-,28+,30+,31-,33+,34+,35+,36-,38-,39+,40-/m0/s1. The van der Waals surface area contributed by atoms with Gasteiger partial charge >= 0.3 is 5.97 Å². The Kier molecular flexibility index (Phi) is 16.2. The SMILES string of the molecule is CC[C@@H](O)C[C@H]1O[C@]2(CC[C@@H]1C)C[C@H]1OC(=O)/C=C\[C@@H](C)[C@H](O)[C@@H](C)[C@@H](O)C[C@H](O)[C@](C)(O)CCCC/C=C(/CC(C)C)C(=O)C[C@@H](O2)[C@H]1C. The number of allylic oxidation sites excluding steroid dienone is 2. The van der Waals surface area contributed by atoms with Gasteiger partial charge in [0.25, 0.3) is 0 Å². The highest BCUT2D eigenvalue weighted by Gasteiger charge is 2.52. The second kappa shape index (κ2) is 18.9. The highest BCUT2D eigenvalue weighted by Crippen LogP contribution is 2.45. The molecule has 0 amide bonds. The minimum absolute atomic E-state index is 0.0183. The van der Waals surface area contributed by atoms with E-state index in [-0.39, 0.29) is 42.5 Å². The molecule has 10 heteroatoms. The molecule has 10 nitrogen and oxygen atoms in total. The van der Waals surface area contributed by atoms with Crippen LogP contribution in [-0.2, 0) is 23.8 Å². The first-order valence-corrected chi connectivity index (χ1v) is 19.3. The Bertz CT molecular complexity index is 1150. The summed E-state index contributed by atoms with van der Waals surface area (Å²) in [6, 6.07) is 0. The maximum absolute atomic E-state index is 14.0. The minimum atomic E-state index is -1.44. The molecule has 1 spiro atoms. The number of hydrogen-bond donors (Lipinski definition) is 5. The van der Waals surface area contributed by atoms with E-state index in [0.717, 1.165) is 12.0 Å². The van der Waals surface area contributed by atoms with Gasteiger partial charge in [0.05, 0.1) is 42.2 Å². The van der Waals surface area contributed by atoms with Crippen LogP contribution < -0.4 is 0 Å². The van der Waals surface area contributed by atoms with Gasteiger partial charge in [-0.25, -0.2) is 4.79 Å². The number of ketones is 1. The van der Waals surface area contributed by atoms with E-state index in [1.807, 2.05) is 19.9 Å². The Morgan fingerprint density at radius 1 is 0.980 bits per heavy atom. The monoisotopic (exact) mass is 708 g/mol. The van der Waals surface area contributed by atoms with E-state index in [1.54, 1.807) is 26.8 Å². The van der Waals surface area contributed by atoms with Crippen LogP contribution >= 0.6 is 0 Å². The normalized spacial score (nSPS) is 42.9. The van der Waals surface area contributed by atoms with Crippen molar-refractivity contribution in [2.75, 3.05) is 0 Å². The molecule has 0 aromatic rings. The first kappa shape index (κ1) is 42.8. The van der Waals surface area contributed by atoms with Gasteiger partial charge in [-0.15, -0.1) is 0 Å². The molecule has 0 saturated carbocycles. The second-order valence-corrected chi connectivity index (χ2v) is 16.5. The van der Waals surface area contributed by atoms with E-state index < -0.39 is 65.8 Å². The van der Waals surface area contributed by atoms with Crippen LogP contribution in [0.15, 0.2) is 23.8 Å². The summed E-state index contributed by atoms with van der Waals surface area (Å²) in [5.41, 5.74) is -0.709. The Morgan fingerprint density at radius 2 is 1.68 bits per heavy atom. The molecule has 3 rings (SSSR count). The molecule has 2 bridgehead atoms. The number of rotatable bonds is 5. The number of ether oxygens (including phenoxy) is 3. The third kappa shape index (κ3) is 11.9. The van der Waals surface area contributed by atoms with Gasteiger partial charge in [-0.2, -0.15) is 0 Å². The van der Waals surface area contributed by atoms with Gasteiger partial charge < -0.3 is 39.7 Å². The molecular weight excluding hydrogens is 640 g/mol. The average Bonchev–Trinajstić information content (AvgIpc) is 3.05. The lowest BCUT2D eigenvalue weighted by atomic mass is 9.80. The predicted molar refractivity (Wildman–Crippen MR) is 192 cm³/mol. The Hall–Kier alpha value is -1.66. The molecule has 0 aliphatic carbocycles. The summed E-state index contributed by atoms with van der Waals surface area (Å²) >= 11 is 0. The van der Waals surface area contributed by atoms with Crippen LogP contribution in [0, 0.1) is 29.6 Å². The summed E-state index contributed by atoms with van der Waals surface area (Å²) in [5.74, 6) is -2.69. The first-order chi connectivity index (χ1) is 23.4. The van der Waals surface area contributed by atoms with Gasteiger partial charge in [0.1, 0.15) is 6.10 Å². The van der Waals surface area contributed by atoms with Gasteiger partial charge in [-0.3, -0.25) is 4.79 Å². The minimum Gasteiger partial charge on any atom is -0.459 e. The van der Waals surface area contributed by atoms with Crippen LogP contribution in [0.5, 0.6) is 0 Å². The lowest BCUT2D eigenvalue weighted by molar-refractivity contribution is -0.346. The van der Waals surface area contributed by atoms with Gasteiger partial charge in [-0.1, -0.05) is 67.0 Å². The van der Waals surface area contributed by atoms with E-state index in [9.17, 15) is 35.1 Å². The smallest absolute Gasteiger partial charge is 0.330 e. The number of esters is 1. The highest BCUT2D eigenvalue weighted by molar-refractivity contribution is 5.95. The van der Waals surface area contributed by atoms with Gasteiger partial charge in [-0.05, 0) is 69.3 Å². The fourth-order valence-corrected chi connectivity index (χ4v) is 7.65. The van der Waals surface area contributed by atoms with Crippen LogP contribution in [0.4, 0.5) is 0 Å². The second-order valence-electron chi connectivity index (χ2n) is 16.5. The summed E-state index contributed by atoms with van der Waals surface area (Å²) in [6.07, 6.45) is 5.21. The number of carbonyl (C=O) groups is 2. The lowest BCUT2D eigenvalue weighted by Gasteiger charge is -2.51. The molecule has 0 aromatic carbocycles. The molecular formula is C40H68O10. The molecule has 2 fully saturated rings. The number of fused-ring (bicyclic) bond motifs is 2. The molecule has 13 atom stereocenters. The average molecular weight is 709 g/mol. The number of carbonyl (C=O) groups excluding carboxylic acids is 2. The van der Waals surface area contributed by atoms with E-state index >= 15 is 0 Å². The van der Waals surface area contributed by atoms with Gasteiger partial charge in [0, 0.05) is 49.5 Å². The highest BCUT2D eigenvalue weighted by atomic mass is 16.7. The number of Topliss-reactive ketones (excluding diaryl/α,β-unsaturated/α-hetero) is 1. The molecule has 0 aromatic heterocycles. The van der Waals surface area contributed by atoms with Crippen molar-refractivity contribution in [2.24, 2.45) is 29.6 Å². The largest absolute Gasteiger partial charge is 0.459 e. The summed E-state index contributed by atoms with van der Waals surface area (Å²) in [6.45, 7) is 15.1. The first-order valence-electron chi connectivity index (χ1n) is 19.3. The Morgan fingerprint density at radius 3 is 2.34 bits per heavy atom. The van der Waals surface area contributed by atoms with Crippen LogP contribution in [0.3, 0.4) is 0 Å². The summed E-state index contributed by atoms with van der Waals surface area (Å²) in [7, 11) is 0. The van der Waals surface area contributed by atoms with E-state index in [0.29, 0.717) is 57.8 Å². The zero-order chi connectivity index (χ0) is 37.4. The molecule has 3 aliphatic heterocycles. The zero-order valence-electron chi connectivity index (χ0n) is 31.9. The topological polar surface area (TPSA) is 163 Å². The van der Waals surface area contributed by atoms with Crippen LogP contribution in [-0.4, -0.2) is 91.4 Å². The molecule has 2 saturated heterocycles. The quantitative estimate of drug-likeness (QED) is 0.229.